The molecule has 1 aromatic rings. The van der Waals surface area contributed by atoms with Crippen LogP contribution >= 0.6 is 0 Å². The zero-order chi connectivity index (χ0) is 6.69. The Morgan fingerprint density at radius 3 is 2.78 bits per heavy atom. The Labute approximate surface area is 68.6 Å². The maximum atomic E-state index is 4.31. The van der Waals surface area contributed by atoms with Crippen LogP contribution in [0.4, 0.5) is 0 Å². The van der Waals surface area contributed by atoms with Gasteiger partial charge in [0.05, 0.1) is 0 Å². The summed E-state index contributed by atoms with van der Waals surface area (Å²) in [6, 6.07) is 6.15. The summed E-state index contributed by atoms with van der Waals surface area (Å²) in [5, 5.41) is 0. The number of aromatic nitrogens is 1. The molecule has 0 fully saturated rings. The molecule has 0 bridgehead atoms. The quantitative estimate of drug-likeness (QED) is 0.651. The van der Waals surface area contributed by atoms with Crippen molar-refractivity contribution in [1.29, 1.82) is 0 Å². The predicted molar refractivity (Wildman–Crippen MR) is 38.4 cm³/mol. The molecule has 0 N–H and O–H groups in total. The second kappa shape index (κ2) is 3.20. The molecule has 2 heteroatoms. The van der Waals surface area contributed by atoms with Crippen molar-refractivity contribution in [2.24, 2.45) is 0 Å². The molecule has 0 amide bonds. The fourth-order valence-electron chi connectivity index (χ4n) is 0.698. The molecule has 0 atom stereocenters. The predicted octanol–water partition coefficient (Wildman–Crippen LogP) is 1.06. The van der Waals surface area contributed by atoms with Gasteiger partial charge in [-0.2, -0.15) is 0 Å². The van der Waals surface area contributed by atoms with Crippen LogP contribution in [0.3, 0.4) is 0 Å². The van der Waals surface area contributed by atoms with Crippen LogP contribution in [-0.2, 0) is 4.44 Å². The van der Waals surface area contributed by atoms with E-state index in [0.29, 0.717) is 0 Å². The van der Waals surface area contributed by atoms with Crippen LogP contribution in [0, 0.1) is 6.92 Å². The first kappa shape index (κ1) is 7.06. The van der Waals surface area contributed by atoms with Crippen molar-refractivity contribution < 1.29 is 0 Å². The molecule has 1 heterocycles. The van der Waals surface area contributed by atoms with Gasteiger partial charge in [-0.1, -0.05) is 0 Å². The van der Waals surface area contributed by atoms with Crippen LogP contribution in [0.1, 0.15) is 11.4 Å². The summed E-state index contributed by atoms with van der Waals surface area (Å²) in [6.45, 7) is 2.02. The minimum atomic E-state index is 1.12. The number of hydrogen-bond donors (Lipinski definition) is 0. The van der Waals surface area contributed by atoms with Crippen molar-refractivity contribution in [1.82, 2.24) is 4.98 Å². The van der Waals surface area contributed by atoms with Gasteiger partial charge in [0.25, 0.3) is 0 Å². The Kier molecular flexibility index (Phi) is 2.51. The Hall–Kier alpha value is -0.0513. The summed E-state index contributed by atoms with van der Waals surface area (Å²) < 4.78 is 1.12. The third-order valence-electron chi connectivity index (χ3n) is 1.13. The summed E-state index contributed by atoms with van der Waals surface area (Å²) in [5.74, 6) is 0. The molecule has 0 aromatic carbocycles. The van der Waals surface area contributed by atoms with Gasteiger partial charge < -0.3 is 0 Å². The second-order valence-electron chi connectivity index (χ2n) is 1.95. The number of nitrogens with zero attached hydrogens (tertiary/aromatic N) is 1. The molecule has 0 aliphatic heterocycles. The van der Waals surface area contributed by atoms with E-state index in [1.54, 1.807) is 0 Å². The fraction of sp³-hybridized carbons (Fsp3) is 0.286. The average Bonchev–Trinajstić information content (AvgIpc) is 1.88. The molecule has 1 aromatic heterocycles. The SMILES string of the molecule is Cc1cccc([CH2][Sn])n1. The van der Waals surface area contributed by atoms with Crippen molar-refractivity contribution >= 4 is 22.5 Å². The van der Waals surface area contributed by atoms with Crippen LogP contribution < -0.4 is 0 Å². The van der Waals surface area contributed by atoms with Crippen LogP contribution in [-0.4, -0.2) is 27.5 Å². The van der Waals surface area contributed by atoms with E-state index in [0.717, 1.165) is 10.1 Å². The Bertz CT molecular complexity index is 198. The van der Waals surface area contributed by atoms with Gasteiger partial charge in [0.1, 0.15) is 0 Å². The van der Waals surface area contributed by atoms with Crippen molar-refractivity contribution in [2.45, 2.75) is 11.4 Å². The number of rotatable bonds is 1. The van der Waals surface area contributed by atoms with Gasteiger partial charge >= 0.3 is 68.5 Å². The first-order valence-electron chi connectivity index (χ1n) is 2.90. The Balaban J connectivity index is 2.94. The van der Waals surface area contributed by atoms with E-state index < -0.39 is 0 Å². The molecule has 45 valence electrons. The average molecular weight is 225 g/mol. The van der Waals surface area contributed by atoms with Gasteiger partial charge in [0.2, 0.25) is 0 Å². The van der Waals surface area contributed by atoms with Gasteiger partial charge in [-0.25, -0.2) is 0 Å². The van der Waals surface area contributed by atoms with Gasteiger partial charge in [0, 0.05) is 0 Å². The molecule has 0 saturated heterocycles. The molecular formula is C7H8NSn. The molecular weight excluding hydrogens is 217 g/mol. The summed E-state index contributed by atoms with van der Waals surface area (Å²) in [5.41, 5.74) is 2.34. The Morgan fingerprint density at radius 2 is 2.33 bits per heavy atom. The molecule has 0 aliphatic carbocycles. The fourth-order valence-corrected chi connectivity index (χ4v) is 1.26. The molecule has 3 radical (unpaired) electrons. The van der Waals surface area contributed by atoms with E-state index in [1.807, 2.05) is 13.0 Å². The van der Waals surface area contributed by atoms with Crippen LogP contribution in [0.25, 0.3) is 0 Å². The van der Waals surface area contributed by atoms with Crippen LogP contribution in [0.5, 0.6) is 0 Å². The van der Waals surface area contributed by atoms with Crippen molar-refractivity contribution in [3.63, 3.8) is 0 Å². The van der Waals surface area contributed by atoms with Crippen molar-refractivity contribution in [2.75, 3.05) is 0 Å². The molecule has 0 spiro atoms. The molecule has 1 nitrogen and oxygen atoms in total. The van der Waals surface area contributed by atoms with Crippen LogP contribution in [0.15, 0.2) is 18.2 Å². The molecule has 0 aliphatic rings. The zero-order valence-corrected chi connectivity index (χ0v) is 8.24. The maximum absolute atomic E-state index is 4.31. The van der Waals surface area contributed by atoms with Gasteiger partial charge in [0.15, 0.2) is 0 Å². The van der Waals surface area contributed by atoms with E-state index in [1.165, 1.54) is 28.2 Å². The van der Waals surface area contributed by atoms with E-state index in [-0.39, 0.29) is 0 Å². The zero-order valence-electron chi connectivity index (χ0n) is 5.39. The summed E-state index contributed by atoms with van der Waals surface area (Å²) in [6.07, 6.45) is 0. The normalized spacial score (nSPS) is 9.56. The van der Waals surface area contributed by atoms with E-state index in [2.05, 4.69) is 17.1 Å². The standard InChI is InChI=1S/C7H8N.Sn/c1-6-4-3-5-7(2)8-6;/h3-5H,1H2,2H3;. The number of hydrogen-bond acceptors (Lipinski definition) is 1. The monoisotopic (exact) mass is 226 g/mol. The van der Waals surface area contributed by atoms with E-state index in [9.17, 15) is 0 Å². The van der Waals surface area contributed by atoms with Gasteiger partial charge in [-0.3, -0.25) is 0 Å². The second-order valence-corrected chi connectivity index (χ2v) is 2.96. The third kappa shape index (κ3) is 1.97. The van der Waals surface area contributed by atoms with Gasteiger partial charge in [-0.05, 0) is 0 Å². The number of pyridine rings is 1. The van der Waals surface area contributed by atoms with Crippen LogP contribution in [0.2, 0.25) is 0 Å². The molecule has 0 saturated carbocycles. The van der Waals surface area contributed by atoms with Gasteiger partial charge in [-0.15, -0.1) is 0 Å². The molecule has 1 rings (SSSR count). The first-order valence-corrected chi connectivity index (χ1v) is 4.92. The molecule has 9 heavy (non-hydrogen) atoms. The summed E-state index contributed by atoms with van der Waals surface area (Å²) >= 11 is 1.53. The minimum absolute atomic E-state index is 1.12. The third-order valence-corrected chi connectivity index (χ3v) is 2.16. The topological polar surface area (TPSA) is 12.9 Å². The molecule has 0 unspecified atom stereocenters. The van der Waals surface area contributed by atoms with E-state index in [4.69, 9.17) is 0 Å². The Morgan fingerprint density at radius 1 is 1.56 bits per heavy atom. The van der Waals surface area contributed by atoms with E-state index >= 15 is 0 Å². The summed E-state index contributed by atoms with van der Waals surface area (Å²) in [7, 11) is 0. The first-order chi connectivity index (χ1) is 4.33. The van der Waals surface area contributed by atoms with Crippen molar-refractivity contribution in [3.05, 3.63) is 29.6 Å². The number of aryl methyl sites for hydroxylation is 1. The van der Waals surface area contributed by atoms with Crippen molar-refractivity contribution in [3.8, 4) is 0 Å². The summed E-state index contributed by atoms with van der Waals surface area (Å²) in [4.78, 5) is 4.31.